The van der Waals surface area contributed by atoms with E-state index >= 15 is 0 Å². The summed E-state index contributed by atoms with van der Waals surface area (Å²) in [4.78, 5) is 23.0. The Morgan fingerprint density at radius 2 is 1.81 bits per heavy atom. The van der Waals surface area contributed by atoms with Crippen LogP contribution in [0.25, 0.3) is 11.1 Å². The number of aryl methyl sites for hydroxylation is 1. The second-order valence-corrected chi connectivity index (χ2v) is 6.54. The molecule has 2 aromatic rings. The van der Waals surface area contributed by atoms with Crippen LogP contribution in [-0.4, -0.2) is 35.9 Å². The van der Waals surface area contributed by atoms with Crippen molar-refractivity contribution in [2.75, 3.05) is 6.61 Å². The number of hydrogen-bond acceptors (Lipinski definition) is 4. The lowest BCUT2D eigenvalue weighted by Crippen LogP contribution is -2.33. The highest BCUT2D eigenvalue weighted by molar-refractivity contribution is 6.30. The molecule has 6 heteroatoms. The number of ether oxygens (including phenoxy) is 2. The molecule has 27 heavy (non-hydrogen) atoms. The summed E-state index contributed by atoms with van der Waals surface area (Å²) in [6, 6.07) is 15.4. The van der Waals surface area contributed by atoms with Crippen molar-refractivity contribution in [3.05, 3.63) is 59.1 Å². The van der Waals surface area contributed by atoms with Gasteiger partial charge in [0.15, 0.2) is 12.2 Å². The zero-order chi connectivity index (χ0) is 19.8. The van der Waals surface area contributed by atoms with Crippen LogP contribution in [0.2, 0.25) is 5.02 Å². The summed E-state index contributed by atoms with van der Waals surface area (Å²) >= 11 is 6.02. The van der Waals surface area contributed by atoms with Gasteiger partial charge in [-0.1, -0.05) is 48.0 Å². The number of carbonyl (C=O) groups is 2. The molecule has 0 radical (unpaired) electrons. The Morgan fingerprint density at radius 1 is 1.11 bits per heavy atom. The number of carboxylic acid groups (broad SMARTS) is 1. The van der Waals surface area contributed by atoms with Crippen molar-refractivity contribution in [2.45, 2.75) is 38.9 Å². The standard InChI is InChI=1S/C21H23ClO5/c1-3-26-21(25)14(2)27-19(20(23)24)12-9-15-7-10-16(11-8-15)17-5-4-6-18(22)13-17/h4-8,10-11,13-14,19H,3,9,12H2,1-2H3,(H,23,24). The minimum Gasteiger partial charge on any atom is -0.479 e. The highest BCUT2D eigenvalue weighted by Crippen LogP contribution is 2.23. The molecule has 1 N–H and O–H groups in total. The molecule has 0 heterocycles. The lowest BCUT2D eigenvalue weighted by atomic mass is 10.0. The molecule has 144 valence electrons. The van der Waals surface area contributed by atoms with Gasteiger partial charge in [0.1, 0.15) is 0 Å². The molecule has 0 amide bonds. The van der Waals surface area contributed by atoms with Crippen molar-refractivity contribution in [3.63, 3.8) is 0 Å². The van der Waals surface area contributed by atoms with Gasteiger partial charge in [-0.15, -0.1) is 0 Å². The van der Waals surface area contributed by atoms with E-state index in [0.29, 0.717) is 11.4 Å². The van der Waals surface area contributed by atoms with Gasteiger partial charge in [-0.05, 0) is 55.5 Å². The van der Waals surface area contributed by atoms with Crippen LogP contribution in [-0.2, 0) is 25.5 Å². The van der Waals surface area contributed by atoms with E-state index < -0.39 is 24.1 Å². The van der Waals surface area contributed by atoms with Gasteiger partial charge in [0.25, 0.3) is 0 Å². The van der Waals surface area contributed by atoms with Crippen LogP contribution < -0.4 is 0 Å². The van der Waals surface area contributed by atoms with Crippen LogP contribution in [0.3, 0.4) is 0 Å². The van der Waals surface area contributed by atoms with Crippen LogP contribution in [0.4, 0.5) is 0 Å². The molecule has 0 saturated carbocycles. The number of benzene rings is 2. The number of carbonyl (C=O) groups excluding carboxylic acids is 1. The fourth-order valence-electron chi connectivity index (χ4n) is 2.64. The monoisotopic (exact) mass is 390 g/mol. The Morgan fingerprint density at radius 3 is 2.41 bits per heavy atom. The molecule has 5 nitrogen and oxygen atoms in total. The van der Waals surface area contributed by atoms with Crippen molar-refractivity contribution >= 4 is 23.5 Å². The lowest BCUT2D eigenvalue weighted by Gasteiger charge is -2.18. The average molecular weight is 391 g/mol. The highest BCUT2D eigenvalue weighted by atomic mass is 35.5. The molecule has 0 aliphatic heterocycles. The third-order valence-corrected chi connectivity index (χ3v) is 4.30. The fourth-order valence-corrected chi connectivity index (χ4v) is 2.83. The zero-order valence-corrected chi connectivity index (χ0v) is 16.1. The molecule has 2 unspecified atom stereocenters. The maximum Gasteiger partial charge on any atom is 0.334 e. The second kappa shape index (κ2) is 10.1. The van der Waals surface area contributed by atoms with E-state index in [1.807, 2.05) is 48.5 Å². The molecular weight excluding hydrogens is 368 g/mol. The molecule has 0 fully saturated rings. The number of esters is 1. The van der Waals surface area contributed by atoms with Crippen LogP contribution >= 0.6 is 11.6 Å². The Bertz CT molecular complexity index is 772. The normalized spacial score (nSPS) is 13.0. The van der Waals surface area contributed by atoms with Crippen LogP contribution in [0, 0.1) is 0 Å². The first kappa shape index (κ1) is 20.9. The number of carboxylic acids is 1. The first-order valence-electron chi connectivity index (χ1n) is 8.80. The predicted molar refractivity (Wildman–Crippen MR) is 104 cm³/mol. The molecule has 2 atom stereocenters. The molecule has 0 bridgehead atoms. The third kappa shape index (κ3) is 6.38. The third-order valence-electron chi connectivity index (χ3n) is 4.07. The van der Waals surface area contributed by atoms with E-state index in [1.54, 1.807) is 6.92 Å². The summed E-state index contributed by atoms with van der Waals surface area (Å²) in [7, 11) is 0. The first-order chi connectivity index (χ1) is 12.9. The largest absolute Gasteiger partial charge is 0.479 e. The van der Waals surface area contributed by atoms with Crippen LogP contribution in [0.1, 0.15) is 25.8 Å². The van der Waals surface area contributed by atoms with Crippen molar-refractivity contribution < 1.29 is 24.2 Å². The minimum atomic E-state index is -1.10. The highest BCUT2D eigenvalue weighted by Gasteiger charge is 2.25. The van der Waals surface area contributed by atoms with Gasteiger partial charge in [-0.3, -0.25) is 0 Å². The van der Waals surface area contributed by atoms with Crippen molar-refractivity contribution in [1.29, 1.82) is 0 Å². The Labute approximate surface area is 163 Å². The fraction of sp³-hybridized carbons (Fsp3) is 0.333. The van der Waals surface area contributed by atoms with Crippen molar-refractivity contribution in [1.82, 2.24) is 0 Å². The quantitative estimate of drug-likeness (QED) is 0.644. The topological polar surface area (TPSA) is 72.8 Å². The predicted octanol–water partition coefficient (Wildman–Crippen LogP) is 4.36. The number of aliphatic carboxylic acids is 1. The molecule has 2 rings (SSSR count). The summed E-state index contributed by atoms with van der Waals surface area (Å²) in [5.74, 6) is -1.66. The van der Waals surface area contributed by atoms with Crippen LogP contribution in [0.5, 0.6) is 0 Å². The number of hydrogen-bond donors (Lipinski definition) is 1. The second-order valence-electron chi connectivity index (χ2n) is 6.10. The maximum absolute atomic E-state index is 11.6. The molecule has 0 spiro atoms. The smallest absolute Gasteiger partial charge is 0.334 e. The number of rotatable bonds is 9. The van der Waals surface area contributed by atoms with E-state index in [2.05, 4.69) is 0 Å². The molecule has 0 aliphatic rings. The van der Waals surface area contributed by atoms with Gasteiger partial charge in [0.2, 0.25) is 0 Å². The lowest BCUT2D eigenvalue weighted by molar-refractivity contribution is -0.167. The Balaban J connectivity index is 1.97. The van der Waals surface area contributed by atoms with E-state index in [1.165, 1.54) is 6.92 Å². The van der Waals surface area contributed by atoms with Gasteiger partial charge >= 0.3 is 11.9 Å². The summed E-state index contributed by atoms with van der Waals surface area (Å²) in [6.45, 7) is 3.41. The summed E-state index contributed by atoms with van der Waals surface area (Å²) in [5.41, 5.74) is 3.03. The van der Waals surface area contributed by atoms with E-state index in [4.69, 9.17) is 21.1 Å². The van der Waals surface area contributed by atoms with Gasteiger partial charge in [-0.2, -0.15) is 0 Å². The summed E-state index contributed by atoms with van der Waals surface area (Å²) in [6.07, 6.45) is -1.22. The van der Waals surface area contributed by atoms with E-state index in [0.717, 1.165) is 16.7 Å². The van der Waals surface area contributed by atoms with E-state index in [-0.39, 0.29) is 13.0 Å². The zero-order valence-electron chi connectivity index (χ0n) is 15.4. The number of halogens is 1. The van der Waals surface area contributed by atoms with Gasteiger partial charge in [-0.25, -0.2) is 9.59 Å². The maximum atomic E-state index is 11.6. The van der Waals surface area contributed by atoms with Gasteiger partial charge in [0.05, 0.1) is 6.61 Å². The van der Waals surface area contributed by atoms with Gasteiger partial charge in [0, 0.05) is 5.02 Å². The summed E-state index contributed by atoms with van der Waals surface area (Å²) in [5, 5.41) is 10.0. The van der Waals surface area contributed by atoms with Crippen molar-refractivity contribution in [3.8, 4) is 11.1 Å². The van der Waals surface area contributed by atoms with Crippen LogP contribution in [0.15, 0.2) is 48.5 Å². The van der Waals surface area contributed by atoms with Gasteiger partial charge < -0.3 is 14.6 Å². The molecule has 0 aliphatic carbocycles. The molecule has 2 aromatic carbocycles. The molecular formula is C21H23ClO5. The Hall–Kier alpha value is -2.37. The first-order valence-corrected chi connectivity index (χ1v) is 9.18. The Kier molecular flexibility index (Phi) is 7.82. The van der Waals surface area contributed by atoms with Crippen molar-refractivity contribution in [2.24, 2.45) is 0 Å². The average Bonchev–Trinajstić information content (AvgIpc) is 2.65. The molecule has 0 aromatic heterocycles. The van der Waals surface area contributed by atoms with E-state index in [9.17, 15) is 14.7 Å². The SMILES string of the molecule is CCOC(=O)C(C)OC(CCc1ccc(-c2cccc(Cl)c2)cc1)C(=O)O. The summed E-state index contributed by atoms with van der Waals surface area (Å²) < 4.78 is 10.2. The molecule has 0 saturated heterocycles. The minimum absolute atomic E-state index is 0.225.